The van der Waals surface area contributed by atoms with Gasteiger partial charge in [-0.05, 0) is 50.5 Å². The highest BCUT2D eigenvalue weighted by Gasteiger charge is 2.18. The van der Waals surface area contributed by atoms with Gasteiger partial charge >= 0.3 is 5.97 Å². The summed E-state index contributed by atoms with van der Waals surface area (Å²) in [6.07, 6.45) is 4.31. The molecule has 1 N–H and O–H groups in total. The largest absolute Gasteiger partial charge is 0.493 e. The Morgan fingerprint density at radius 3 is 2.22 bits per heavy atom. The van der Waals surface area contributed by atoms with Crippen LogP contribution in [0, 0.1) is 0 Å². The van der Waals surface area contributed by atoms with E-state index in [-0.39, 0.29) is 12.2 Å². The van der Waals surface area contributed by atoms with Gasteiger partial charge in [0.1, 0.15) is 0 Å². The van der Waals surface area contributed by atoms with Crippen molar-refractivity contribution in [3.05, 3.63) is 23.8 Å². The lowest BCUT2D eigenvalue weighted by Crippen LogP contribution is -2.15. The Hall–Kier alpha value is -2.17. The van der Waals surface area contributed by atoms with Crippen LogP contribution >= 0.6 is 0 Å². The van der Waals surface area contributed by atoms with Crippen LogP contribution in [0.5, 0.6) is 17.2 Å². The van der Waals surface area contributed by atoms with Gasteiger partial charge in [0.05, 0.1) is 19.3 Å². The topological polar surface area (TPSA) is 65.0 Å². The number of methoxy groups -OCH3 is 1. The SMILES string of the molecule is CCC(C)Oc1cc(C=CC(=O)O)cc(OC)c1OC(C)CC. The average molecular weight is 322 g/mol. The predicted molar refractivity (Wildman–Crippen MR) is 90.4 cm³/mol. The minimum absolute atomic E-state index is 0.0118. The fourth-order valence-electron chi connectivity index (χ4n) is 1.80. The second kappa shape index (κ2) is 9.08. The molecule has 1 rings (SSSR count). The molecule has 0 aliphatic carbocycles. The Bertz CT molecular complexity index is 551. The number of aliphatic carboxylic acids is 1. The third-order valence-corrected chi connectivity index (χ3v) is 3.48. The summed E-state index contributed by atoms with van der Waals surface area (Å²) < 4.78 is 17.3. The van der Waals surface area contributed by atoms with E-state index in [9.17, 15) is 4.79 Å². The van der Waals surface area contributed by atoms with Crippen LogP contribution in [0.2, 0.25) is 0 Å². The zero-order valence-corrected chi connectivity index (χ0v) is 14.5. The normalized spacial score (nSPS) is 13.6. The van der Waals surface area contributed by atoms with Crippen LogP contribution in [0.4, 0.5) is 0 Å². The summed E-state index contributed by atoms with van der Waals surface area (Å²) in [5, 5.41) is 8.79. The molecule has 1 aromatic rings. The molecule has 0 saturated heterocycles. The molecule has 128 valence electrons. The number of benzene rings is 1. The molecule has 23 heavy (non-hydrogen) atoms. The summed E-state index contributed by atoms with van der Waals surface area (Å²) in [5.74, 6) is 0.628. The molecule has 0 amide bonds. The quantitative estimate of drug-likeness (QED) is 0.692. The average Bonchev–Trinajstić information content (AvgIpc) is 2.53. The van der Waals surface area contributed by atoms with Crippen molar-refractivity contribution in [2.75, 3.05) is 7.11 Å². The molecular formula is C18H26O5. The monoisotopic (exact) mass is 322 g/mol. The number of hydrogen-bond acceptors (Lipinski definition) is 4. The molecule has 1 aromatic carbocycles. The smallest absolute Gasteiger partial charge is 0.328 e. The number of carboxylic acid groups (broad SMARTS) is 1. The van der Waals surface area contributed by atoms with Crippen molar-refractivity contribution in [2.45, 2.75) is 52.7 Å². The van der Waals surface area contributed by atoms with Crippen LogP contribution < -0.4 is 14.2 Å². The van der Waals surface area contributed by atoms with Gasteiger partial charge < -0.3 is 19.3 Å². The molecule has 0 spiro atoms. The van der Waals surface area contributed by atoms with Gasteiger partial charge in [0, 0.05) is 6.08 Å². The van der Waals surface area contributed by atoms with Gasteiger partial charge in [-0.3, -0.25) is 0 Å². The van der Waals surface area contributed by atoms with Crippen LogP contribution in [0.25, 0.3) is 6.08 Å². The van der Waals surface area contributed by atoms with Crippen LogP contribution in [0.15, 0.2) is 18.2 Å². The predicted octanol–water partition coefficient (Wildman–Crippen LogP) is 4.15. The number of rotatable bonds is 9. The third-order valence-electron chi connectivity index (χ3n) is 3.48. The summed E-state index contributed by atoms with van der Waals surface area (Å²) in [4.78, 5) is 10.7. The Morgan fingerprint density at radius 2 is 1.70 bits per heavy atom. The second-order valence-electron chi connectivity index (χ2n) is 5.40. The maximum absolute atomic E-state index is 10.7. The van der Waals surface area contributed by atoms with Gasteiger partial charge in [0.25, 0.3) is 0 Å². The highest BCUT2D eigenvalue weighted by molar-refractivity contribution is 5.85. The van der Waals surface area contributed by atoms with E-state index >= 15 is 0 Å². The van der Waals surface area contributed by atoms with Gasteiger partial charge in [-0.1, -0.05) is 13.8 Å². The molecule has 0 bridgehead atoms. The van der Waals surface area contributed by atoms with E-state index in [0.717, 1.165) is 18.9 Å². The molecule has 0 aromatic heterocycles. The minimum atomic E-state index is -1.01. The highest BCUT2D eigenvalue weighted by Crippen LogP contribution is 2.40. The Balaban J connectivity index is 3.30. The number of carbonyl (C=O) groups is 1. The summed E-state index contributed by atoms with van der Waals surface area (Å²) >= 11 is 0. The van der Waals surface area contributed by atoms with E-state index in [1.54, 1.807) is 19.2 Å². The first-order valence-corrected chi connectivity index (χ1v) is 7.87. The number of carboxylic acids is 1. The number of ether oxygens (including phenoxy) is 3. The van der Waals surface area contributed by atoms with E-state index in [1.165, 1.54) is 6.08 Å². The van der Waals surface area contributed by atoms with E-state index in [1.807, 2.05) is 27.7 Å². The van der Waals surface area contributed by atoms with Gasteiger partial charge in [0.2, 0.25) is 5.75 Å². The minimum Gasteiger partial charge on any atom is -0.493 e. The third kappa shape index (κ3) is 5.85. The molecule has 0 aliphatic rings. The lowest BCUT2D eigenvalue weighted by atomic mass is 10.1. The van der Waals surface area contributed by atoms with Gasteiger partial charge in [0.15, 0.2) is 11.5 Å². The summed E-state index contributed by atoms with van der Waals surface area (Å²) in [6.45, 7) is 8.02. The zero-order valence-electron chi connectivity index (χ0n) is 14.5. The van der Waals surface area contributed by atoms with E-state index in [2.05, 4.69) is 0 Å². The Kier molecular flexibility index (Phi) is 7.45. The van der Waals surface area contributed by atoms with E-state index in [4.69, 9.17) is 19.3 Å². The van der Waals surface area contributed by atoms with Crippen molar-refractivity contribution in [3.63, 3.8) is 0 Å². The van der Waals surface area contributed by atoms with Gasteiger partial charge in [-0.15, -0.1) is 0 Å². The van der Waals surface area contributed by atoms with Crippen molar-refractivity contribution in [1.82, 2.24) is 0 Å². The van der Waals surface area contributed by atoms with Crippen molar-refractivity contribution >= 4 is 12.0 Å². The van der Waals surface area contributed by atoms with E-state index < -0.39 is 5.97 Å². The first kappa shape index (κ1) is 18.9. The standard InChI is InChI=1S/C18H26O5/c1-6-12(3)22-16-11-14(8-9-17(19)20)10-15(21-5)18(16)23-13(4)7-2/h8-13H,6-7H2,1-5H3,(H,19,20). The van der Waals surface area contributed by atoms with Crippen molar-refractivity contribution < 1.29 is 24.1 Å². The molecule has 5 nitrogen and oxygen atoms in total. The molecule has 5 heteroatoms. The Labute approximate surface area is 137 Å². The lowest BCUT2D eigenvalue weighted by Gasteiger charge is -2.22. The van der Waals surface area contributed by atoms with Crippen molar-refractivity contribution in [3.8, 4) is 17.2 Å². The second-order valence-corrected chi connectivity index (χ2v) is 5.40. The van der Waals surface area contributed by atoms with Crippen LogP contribution in [-0.4, -0.2) is 30.4 Å². The summed E-state index contributed by atoms with van der Waals surface area (Å²) in [7, 11) is 1.55. The van der Waals surface area contributed by atoms with Crippen LogP contribution in [0.3, 0.4) is 0 Å². The molecule has 0 saturated carbocycles. The Morgan fingerprint density at radius 1 is 1.13 bits per heavy atom. The zero-order chi connectivity index (χ0) is 17.4. The van der Waals surface area contributed by atoms with Gasteiger partial charge in [-0.25, -0.2) is 4.79 Å². The maximum atomic E-state index is 10.7. The highest BCUT2D eigenvalue weighted by atomic mass is 16.5. The first-order chi connectivity index (χ1) is 10.9. The molecule has 0 aliphatic heterocycles. The fraction of sp³-hybridized carbons (Fsp3) is 0.500. The molecule has 0 fully saturated rings. The summed E-state index contributed by atoms with van der Waals surface area (Å²) in [6, 6.07) is 3.51. The molecule has 0 heterocycles. The molecule has 0 radical (unpaired) electrons. The van der Waals surface area contributed by atoms with E-state index in [0.29, 0.717) is 22.8 Å². The van der Waals surface area contributed by atoms with Crippen molar-refractivity contribution in [2.24, 2.45) is 0 Å². The molecular weight excluding hydrogens is 296 g/mol. The molecule has 2 unspecified atom stereocenters. The molecule has 2 atom stereocenters. The van der Waals surface area contributed by atoms with Crippen LogP contribution in [0.1, 0.15) is 46.1 Å². The van der Waals surface area contributed by atoms with Gasteiger partial charge in [-0.2, -0.15) is 0 Å². The summed E-state index contributed by atoms with van der Waals surface area (Å²) in [5.41, 5.74) is 0.680. The lowest BCUT2D eigenvalue weighted by molar-refractivity contribution is -0.131. The van der Waals surface area contributed by atoms with Crippen molar-refractivity contribution in [1.29, 1.82) is 0 Å². The first-order valence-electron chi connectivity index (χ1n) is 7.87. The number of hydrogen-bond donors (Lipinski definition) is 1. The fourth-order valence-corrected chi connectivity index (χ4v) is 1.80. The van der Waals surface area contributed by atoms with Crippen LogP contribution in [-0.2, 0) is 4.79 Å². The maximum Gasteiger partial charge on any atom is 0.328 e.